The molecule has 0 aromatic carbocycles. The van der Waals surface area contributed by atoms with Gasteiger partial charge in [-0.3, -0.25) is 9.69 Å². The number of likely N-dealkylation sites (tertiary alicyclic amines) is 1. The number of methoxy groups -OCH3 is 1. The normalized spacial score (nSPS) is 23.9. The van der Waals surface area contributed by atoms with Crippen LogP contribution < -0.4 is 10.6 Å². The van der Waals surface area contributed by atoms with E-state index in [0.29, 0.717) is 25.1 Å². The molecule has 1 fully saturated rings. The molecule has 0 aromatic heterocycles. The fourth-order valence-electron chi connectivity index (χ4n) is 2.69. The van der Waals surface area contributed by atoms with E-state index in [4.69, 9.17) is 4.74 Å². The Morgan fingerprint density at radius 3 is 2.84 bits per heavy atom. The molecule has 1 heterocycles. The molecule has 0 aromatic rings. The number of piperidine rings is 1. The molecule has 0 radical (unpaired) electrons. The summed E-state index contributed by atoms with van der Waals surface area (Å²) >= 11 is 0. The van der Waals surface area contributed by atoms with Gasteiger partial charge in [-0.2, -0.15) is 0 Å². The predicted molar refractivity (Wildman–Crippen MR) is 77.2 cm³/mol. The van der Waals surface area contributed by atoms with E-state index in [0.717, 1.165) is 13.1 Å². The van der Waals surface area contributed by atoms with Gasteiger partial charge in [0, 0.05) is 25.7 Å². The Labute approximate surface area is 117 Å². The van der Waals surface area contributed by atoms with Gasteiger partial charge in [0.2, 0.25) is 5.91 Å². The second-order valence-electron chi connectivity index (χ2n) is 5.64. The van der Waals surface area contributed by atoms with Crippen LogP contribution in [0.1, 0.15) is 26.7 Å². The highest BCUT2D eigenvalue weighted by atomic mass is 16.5. The fourth-order valence-corrected chi connectivity index (χ4v) is 2.69. The Bertz CT molecular complexity index is 273. The van der Waals surface area contributed by atoms with Gasteiger partial charge in [0.25, 0.3) is 0 Å². The summed E-state index contributed by atoms with van der Waals surface area (Å²) in [7, 11) is 3.65. The number of rotatable bonds is 7. The second-order valence-corrected chi connectivity index (χ2v) is 5.64. The number of hydrogen-bond donors (Lipinski definition) is 2. The Kier molecular flexibility index (Phi) is 7.34. The van der Waals surface area contributed by atoms with Gasteiger partial charge in [0.15, 0.2) is 0 Å². The topological polar surface area (TPSA) is 53.6 Å². The molecule has 5 heteroatoms. The predicted octanol–water partition coefficient (Wildman–Crippen LogP) is 0.457. The van der Waals surface area contributed by atoms with Crippen molar-refractivity contribution in [2.75, 3.05) is 40.4 Å². The maximum Gasteiger partial charge on any atom is 0.234 e. The van der Waals surface area contributed by atoms with Crippen LogP contribution in [0.3, 0.4) is 0 Å². The number of hydrogen-bond acceptors (Lipinski definition) is 4. The number of ether oxygens (including phenoxy) is 1. The summed E-state index contributed by atoms with van der Waals surface area (Å²) in [5.74, 6) is 0.741. The Hall–Kier alpha value is -0.650. The Balaban J connectivity index is 2.33. The van der Waals surface area contributed by atoms with E-state index in [1.807, 2.05) is 14.0 Å². The summed E-state index contributed by atoms with van der Waals surface area (Å²) in [5.41, 5.74) is 0. The maximum absolute atomic E-state index is 11.9. The maximum atomic E-state index is 11.9. The zero-order valence-corrected chi connectivity index (χ0v) is 12.7. The molecule has 0 bridgehead atoms. The molecule has 1 saturated heterocycles. The van der Waals surface area contributed by atoms with Crippen LogP contribution in [-0.4, -0.2) is 63.3 Å². The Morgan fingerprint density at radius 1 is 1.47 bits per heavy atom. The number of nitrogens with one attached hydrogen (secondary N) is 2. The van der Waals surface area contributed by atoms with Crippen molar-refractivity contribution >= 4 is 5.91 Å². The average Bonchev–Trinajstić information content (AvgIpc) is 2.38. The van der Waals surface area contributed by atoms with Gasteiger partial charge in [0.05, 0.1) is 13.2 Å². The Morgan fingerprint density at radius 2 is 2.21 bits per heavy atom. The lowest BCUT2D eigenvalue weighted by Crippen LogP contribution is -2.48. The van der Waals surface area contributed by atoms with Crippen LogP contribution in [0.5, 0.6) is 0 Å². The number of amides is 1. The van der Waals surface area contributed by atoms with E-state index >= 15 is 0 Å². The SMILES string of the molecule is CNC(C)C1CCCN(CC(=O)NC(C)COC)C1. The quantitative estimate of drug-likeness (QED) is 0.706. The molecule has 19 heavy (non-hydrogen) atoms. The van der Waals surface area contributed by atoms with E-state index in [1.165, 1.54) is 12.8 Å². The monoisotopic (exact) mass is 271 g/mol. The van der Waals surface area contributed by atoms with Crippen LogP contribution in [0.2, 0.25) is 0 Å². The van der Waals surface area contributed by atoms with Gasteiger partial charge in [-0.25, -0.2) is 0 Å². The minimum atomic E-state index is 0.0781. The fraction of sp³-hybridized carbons (Fsp3) is 0.929. The summed E-state index contributed by atoms with van der Waals surface area (Å²) < 4.78 is 5.02. The van der Waals surface area contributed by atoms with Gasteiger partial charge < -0.3 is 15.4 Å². The molecule has 5 nitrogen and oxygen atoms in total. The molecule has 2 N–H and O–H groups in total. The van der Waals surface area contributed by atoms with Crippen molar-refractivity contribution in [2.24, 2.45) is 5.92 Å². The summed E-state index contributed by atoms with van der Waals surface area (Å²) in [6.07, 6.45) is 2.43. The lowest BCUT2D eigenvalue weighted by Gasteiger charge is -2.35. The van der Waals surface area contributed by atoms with E-state index in [-0.39, 0.29) is 11.9 Å². The van der Waals surface area contributed by atoms with Crippen LogP contribution in [0.4, 0.5) is 0 Å². The number of carbonyl (C=O) groups excluding carboxylic acids is 1. The first-order valence-corrected chi connectivity index (χ1v) is 7.24. The van der Waals surface area contributed by atoms with Crippen molar-refractivity contribution in [1.82, 2.24) is 15.5 Å². The number of carbonyl (C=O) groups is 1. The highest BCUT2D eigenvalue weighted by molar-refractivity contribution is 5.78. The molecule has 1 rings (SSSR count). The summed E-state index contributed by atoms with van der Waals surface area (Å²) in [6, 6.07) is 0.590. The largest absolute Gasteiger partial charge is 0.383 e. The first-order valence-electron chi connectivity index (χ1n) is 7.24. The molecule has 0 saturated carbocycles. The molecular weight excluding hydrogens is 242 g/mol. The molecule has 0 aliphatic carbocycles. The summed E-state index contributed by atoms with van der Waals surface area (Å²) in [4.78, 5) is 14.2. The second kappa shape index (κ2) is 8.51. The number of nitrogens with zero attached hydrogens (tertiary/aromatic N) is 1. The van der Waals surface area contributed by atoms with Crippen LogP contribution >= 0.6 is 0 Å². The molecule has 3 atom stereocenters. The molecular formula is C14H29N3O2. The average molecular weight is 271 g/mol. The first-order chi connectivity index (χ1) is 9.06. The van der Waals surface area contributed by atoms with Crippen molar-refractivity contribution in [3.05, 3.63) is 0 Å². The van der Waals surface area contributed by atoms with E-state index in [2.05, 4.69) is 22.5 Å². The van der Waals surface area contributed by atoms with E-state index < -0.39 is 0 Å². The minimum absolute atomic E-state index is 0.0781. The van der Waals surface area contributed by atoms with Crippen molar-refractivity contribution < 1.29 is 9.53 Å². The zero-order valence-electron chi connectivity index (χ0n) is 12.7. The molecule has 1 aliphatic heterocycles. The van der Waals surface area contributed by atoms with E-state index in [9.17, 15) is 4.79 Å². The third-order valence-corrected chi connectivity index (χ3v) is 3.90. The smallest absolute Gasteiger partial charge is 0.234 e. The van der Waals surface area contributed by atoms with Crippen molar-refractivity contribution in [1.29, 1.82) is 0 Å². The van der Waals surface area contributed by atoms with Gasteiger partial charge in [-0.1, -0.05) is 0 Å². The molecule has 1 aliphatic rings. The van der Waals surface area contributed by atoms with Gasteiger partial charge in [-0.05, 0) is 46.2 Å². The lowest BCUT2D eigenvalue weighted by molar-refractivity contribution is -0.123. The van der Waals surface area contributed by atoms with Crippen LogP contribution in [0.25, 0.3) is 0 Å². The van der Waals surface area contributed by atoms with Crippen molar-refractivity contribution in [3.63, 3.8) is 0 Å². The van der Waals surface area contributed by atoms with Gasteiger partial charge in [-0.15, -0.1) is 0 Å². The zero-order chi connectivity index (χ0) is 14.3. The van der Waals surface area contributed by atoms with Crippen molar-refractivity contribution in [3.8, 4) is 0 Å². The molecule has 1 amide bonds. The van der Waals surface area contributed by atoms with Gasteiger partial charge >= 0.3 is 0 Å². The third-order valence-electron chi connectivity index (χ3n) is 3.90. The summed E-state index contributed by atoms with van der Waals surface area (Å²) in [5, 5.41) is 6.28. The molecule has 3 unspecified atom stereocenters. The van der Waals surface area contributed by atoms with E-state index in [1.54, 1.807) is 7.11 Å². The third kappa shape index (κ3) is 5.89. The van der Waals surface area contributed by atoms with Crippen LogP contribution in [0.15, 0.2) is 0 Å². The van der Waals surface area contributed by atoms with Gasteiger partial charge in [0.1, 0.15) is 0 Å². The lowest BCUT2D eigenvalue weighted by atomic mass is 9.92. The van der Waals surface area contributed by atoms with Crippen molar-refractivity contribution in [2.45, 2.75) is 38.8 Å². The first kappa shape index (κ1) is 16.4. The minimum Gasteiger partial charge on any atom is -0.383 e. The van der Waals surface area contributed by atoms with Crippen LogP contribution in [0, 0.1) is 5.92 Å². The molecule has 112 valence electrons. The highest BCUT2D eigenvalue weighted by Crippen LogP contribution is 2.19. The standard InChI is InChI=1S/C14H29N3O2/c1-11(10-19-4)16-14(18)9-17-7-5-6-13(8-17)12(2)15-3/h11-13,15H,5-10H2,1-4H3,(H,16,18). The summed E-state index contributed by atoms with van der Waals surface area (Å²) in [6.45, 7) is 7.28. The van der Waals surface area contributed by atoms with Crippen LogP contribution in [-0.2, 0) is 9.53 Å². The molecule has 0 spiro atoms. The highest BCUT2D eigenvalue weighted by Gasteiger charge is 2.25.